The smallest absolute Gasteiger partial charge is 0.238 e. The van der Waals surface area contributed by atoms with Gasteiger partial charge in [0, 0.05) is 12.6 Å². The van der Waals surface area contributed by atoms with Crippen LogP contribution >= 0.6 is 11.6 Å². The zero-order chi connectivity index (χ0) is 13.9. The number of nitrogens with one attached hydrogen (secondary N) is 1. The Bertz CT molecular complexity index is 673. The first-order valence-electron chi connectivity index (χ1n) is 5.29. The molecule has 0 aliphatic rings. The van der Waals surface area contributed by atoms with Gasteiger partial charge in [0.15, 0.2) is 5.15 Å². The third kappa shape index (κ3) is 3.88. The van der Waals surface area contributed by atoms with Gasteiger partial charge in [0.1, 0.15) is 0 Å². The van der Waals surface area contributed by atoms with Crippen molar-refractivity contribution in [3.05, 3.63) is 47.2 Å². The minimum absolute atomic E-state index is 0.0878. The number of hydrogen-bond donors (Lipinski definition) is 2. The normalized spacial score (nSPS) is 11.3. The van der Waals surface area contributed by atoms with Gasteiger partial charge >= 0.3 is 0 Å². The van der Waals surface area contributed by atoms with Crippen molar-refractivity contribution in [2.24, 2.45) is 5.14 Å². The molecule has 1 aromatic heterocycles. The van der Waals surface area contributed by atoms with Gasteiger partial charge in [0.2, 0.25) is 10.0 Å². The Balaban J connectivity index is 2.05. The van der Waals surface area contributed by atoms with Gasteiger partial charge in [0.05, 0.1) is 16.8 Å². The van der Waals surface area contributed by atoms with Gasteiger partial charge in [-0.1, -0.05) is 23.7 Å². The predicted octanol–water partition coefficient (Wildman–Crippen LogP) is 1.39. The Hall–Kier alpha value is -1.70. The molecule has 0 atom stereocenters. The van der Waals surface area contributed by atoms with Gasteiger partial charge in [-0.3, -0.25) is 0 Å². The van der Waals surface area contributed by atoms with Crippen molar-refractivity contribution in [3.8, 4) is 0 Å². The average molecular weight is 299 g/mol. The largest absolute Gasteiger partial charge is 0.380 e. The summed E-state index contributed by atoms with van der Waals surface area (Å²) in [7, 11) is -3.65. The fourth-order valence-electron chi connectivity index (χ4n) is 1.44. The summed E-state index contributed by atoms with van der Waals surface area (Å²) in [4.78, 5) is 0.0878. The van der Waals surface area contributed by atoms with Crippen LogP contribution in [0.2, 0.25) is 5.15 Å². The van der Waals surface area contributed by atoms with E-state index < -0.39 is 10.0 Å². The van der Waals surface area contributed by atoms with Crippen LogP contribution in [0.4, 0.5) is 5.69 Å². The Morgan fingerprint density at radius 1 is 1.26 bits per heavy atom. The lowest BCUT2D eigenvalue weighted by Gasteiger charge is -2.06. The third-order valence-electron chi connectivity index (χ3n) is 2.37. The van der Waals surface area contributed by atoms with E-state index in [0.717, 1.165) is 11.3 Å². The van der Waals surface area contributed by atoms with Crippen molar-refractivity contribution >= 4 is 27.3 Å². The van der Waals surface area contributed by atoms with E-state index in [-0.39, 0.29) is 4.90 Å². The van der Waals surface area contributed by atoms with Gasteiger partial charge < -0.3 is 5.32 Å². The third-order valence-corrected chi connectivity index (χ3v) is 3.49. The molecule has 0 fully saturated rings. The highest BCUT2D eigenvalue weighted by molar-refractivity contribution is 7.89. The second kappa shape index (κ2) is 5.52. The number of aromatic nitrogens is 2. The number of anilines is 1. The Morgan fingerprint density at radius 3 is 2.53 bits per heavy atom. The van der Waals surface area contributed by atoms with E-state index in [1.54, 1.807) is 24.4 Å². The highest BCUT2D eigenvalue weighted by Gasteiger charge is 2.06. The Morgan fingerprint density at radius 2 is 1.95 bits per heavy atom. The van der Waals surface area contributed by atoms with Gasteiger partial charge in [-0.15, -0.1) is 5.10 Å². The molecule has 8 heteroatoms. The van der Waals surface area contributed by atoms with Crippen molar-refractivity contribution in [2.75, 3.05) is 5.32 Å². The van der Waals surface area contributed by atoms with Gasteiger partial charge in [0.25, 0.3) is 0 Å². The second-order valence-electron chi connectivity index (χ2n) is 3.81. The molecule has 0 bridgehead atoms. The quantitative estimate of drug-likeness (QED) is 0.889. The topological polar surface area (TPSA) is 98.0 Å². The summed E-state index contributed by atoms with van der Waals surface area (Å²) >= 11 is 5.70. The molecule has 0 saturated heterocycles. The lowest BCUT2D eigenvalue weighted by Crippen LogP contribution is -2.12. The number of halogens is 1. The van der Waals surface area contributed by atoms with Crippen LogP contribution in [0, 0.1) is 0 Å². The molecule has 1 aromatic carbocycles. The lowest BCUT2D eigenvalue weighted by molar-refractivity contribution is 0.598. The number of nitrogens with two attached hydrogens (primary N) is 1. The molecule has 0 aliphatic carbocycles. The molecule has 0 amide bonds. The van der Waals surface area contributed by atoms with E-state index in [0.29, 0.717) is 11.7 Å². The number of benzene rings is 1. The molecule has 2 aromatic rings. The number of primary sulfonamides is 1. The van der Waals surface area contributed by atoms with Crippen LogP contribution in [0.3, 0.4) is 0 Å². The Kier molecular flexibility index (Phi) is 3.98. The summed E-state index contributed by atoms with van der Waals surface area (Å²) in [6, 6.07) is 7.94. The van der Waals surface area contributed by atoms with E-state index >= 15 is 0 Å². The molecule has 0 radical (unpaired) electrons. The predicted molar refractivity (Wildman–Crippen MR) is 72.2 cm³/mol. The van der Waals surface area contributed by atoms with E-state index in [4.69, 9.17) is 16.7 Å². The molecular weight excluding hydrogens is 288 g/mol. The minimum Gasteiger partial charge on any atom is -0.380 e. The highest BCUT2D eigenvalue weighted by Crippen LogP contribution is 2.13. The summed E-state index contributed by atoms with van der Waals surface area (Å²) in [6.07, 6.45) is 1.55. The van der Waals surface area contributed by atoms with Crippen molar-refractivity contribution in [1.82, 2.24) is 10.2 Å². The molecule has 0 saturated carbocycles. The van der Waals surface area contributed by atoms with Gasteiger partial charge in [-0.05, 0) is 17.7 Å². The molecule has 0 spiro atoms. The molecule has 2 rings (SSSR count). The van der Waals surface area contributed by atoms with Crippen LogP contribution in [0.1, 0.15) is 5.56 Å². The van der Waals surface area contributed by atoms with Crippen molar-refractivity contribution in [2.45, 2.75) is 11.4 Å². The molecule has 0 aliphatic heterocycles. The summed E-state index contributed by atoms with van der Waals surface area (Å²) in [6.45, 7) is 0.507. The molecule has 100 valence electrons. The molecule has 19 heavy (non-hydrogen) atoms. The second-order valence-corrected chi connectivity index (χ2v) is 5.76. The molecule has 1 heterocycles. The number of nitrogens with zero attached hydrogens (tertiary/aromatic N) is 2. The molecule has 0 unspecified atom stereocenters. The fraction of sp³-hybridized carbons (Fsp3) is 0.0909. The summed E-state index contributed by atoms with van der Waals surface area (Å²) < 4.78 is 22.2. The monoisotopic (exact) mass is 298 g/mol. The highest BCUT2D eigenvalue weighted by atomic mass is 35.5. The van der Waals surface area contributed by atoms with Gasteiger partial charge in [-0.2, -0.15) is 5.10 Å². The standard InChI is InChI=1S/C11H11ClN4O2S/c12-11-5-9(7-15-16-11)14-6-8-1-3-10(4-2-8)19(13,17)18/h1-5,7H,6H2,(H,14,16)(H2,13,17,18). The zero-order valence-corrected chi connectivity index (χ0v) is 11.3. The maximum absolute atomic E-state index is 11.1. The van der Waals surface area contributed by atoms with Crippen molar-refractivity contribution in [3.63, 3.8) is 0 Å². The average Bonchev–Trinajstić information content (AvgIpc) is 2.36. The van der Waals surface area contributed by atoms with Crippen LogP contribution in [0.25, 0.3) is 0 Å². The summed E-state index contributed by atoms with van der Waals surface area (Å²) in [5, 5.41) is 15.7. The van der Waals surface area contributed by atoms with E-state index in [2.05, 4.69) is 15.5 Å². The first-order valence-corrected chi connectivity index (χ1v) is 7.21. The fourth-order valence-corrected chi connectivity index (χ4v) is 2.12. The number of hydrogen-bond acceptors (Lipinski definition) is 5. The number of rotatable bonds is 4. The maximum Gasteiger partial charge on any atom is 0.238 e. The minimum atomic E-state index is -3.65. The molecule has 6 nitrogen and oxygen atoms in total. The van der Waals surface area contributed by atoms with E-state index in [1.165, 1.54) is 12.1 Å². The SMILES string of the molecule is NS(=O)(=O)c1ccc(CNc2cnnc(Cl)c2)cc1. The van der Waals surface area contributed by atoms with Gasteiger partial charge in [-0.25, -0.2) is 13.6 Å². The van der Waals surface area contributed by atoms with E-state index in [1.807, 2.05) is 0 Å². The Labute approximate surface area is 115 Å². The first-order chi connectivity index (χ1) is 8.95. The summed E-state index contributed by atoms with van der Waals surface area (Å²) in [5.41, 5.74) is 1.64. The van der Waals surface area contributed by atoms with Crippen LogP contribution in [-0.4, -0.2) is 18.6 Å². The van der Waals surface area contributed by atoms with Crippen LogP contribution in [0.5, 0.6) is 0 Å². The molecule has 3 N–H and O–H groups in total. The van der Waals surface area contributed by atoms with Crippen LogP contribution in [-0.2, 0) is 16.6 Å². The van der Waals surface area contributed by atoms with Crippen LogP contribution in [0.15, 0.2) is 41.4 Å². The first kappa shape index (κ1) is 13.7. The lowest BCUT2D eigenvalue weighted by atomic mass is 10.2. The van der Waals surface area contributed by atoms with Crippen LogP contribution < -0.4 is 10.5 Å². The maximum atomic E-state index is 11.1. The number of sulfonamides is 1. The zero-order valence-electron chi connectivity index (χ0n) is 9.75. The van der Waals surface area contributed by atoms with Crippen molar-refractivity contribution in [1.29, 1.82) is 0 Å². The van der Waals surface area contributed by atoms with E-state index in [9.17, 15) is 8.42 Å². The van der Waals surface area contributed by atoms with Crippen molar-refractivity contribution < 1.29 is 8.42 Å². The molecular formula is C11H11ClN4O2S. The summed E-state index contributed by atoms with van der Waals surface area (Å²) in [5.74, 6) is 0.